The fourth-order valence-electron chi connectivity index (χ4n) is 5.56. The number of anilines is 2. The van der Waals surface area contributed by atoms with Crippen molar-refractivity contribution in [1.29, 1.82) is 0 Å². The third-order valence-electron chi connectivity index (χ3n) is 7.98. The first kappa shape index (κ1) is 39.9. The molecule has 6 rings (SSSR count). The molecule has 2 fully saturated rings. The highest BCUT2D eigenvalue weighted by Gasteiger charge is 2.18. The van der Waals surface area contributed by atoms with Crippen LogP contribution in [0.2, 0.25) is 0 Å². The van der Waals surface area contributed by atoms with E-state index in [1.54, 1.807) is 0 Å². The summed E-state index contributed by atoms with van der Waals surface area (Å²) in [4.78, 5) is 16.8. The summed E-state index contributed by atoms with van der Waals surface area (Å²) >= 11 is 0. The van der Waals surface area contributed by atoms with Crippen LogP contribution in [0.15, 0.2) is 72.8 Å². The topological polar surface area (TPSA) is 108 Å². The van der Waals surface area contributed by atoms with Crippen LogP contribution in [-0.4, -0.2) is 100 Å². The molecule has 0 bridgehead atoms. The Bertz CT molecular complexity index is 1610. The molecule has 0 unspecified atom stereocenters. The van der Waals surface area contributed by atoms with Gasteiger partial charge in [-0.15, -0.1) is 24.8 Å². The van der Waals surface area contributed by atoms with Gasteiger partial charge < -0.3 is 29.4 Å². The van der Waals surface area contributed by atoms with Gasteiger partial charge in [-0.05, 0) is 45.0 Å². The third kappa shape index (κ3) is 12.1. The van der Waals surface area contributed by atoms with E-state index in [-0.39, 0.29) is 24.8 Å². The Morgan fingerprint density at radius 2 is 1.14 bits per heavy atom. The predicted octanol–water partition coefficient (Wildman–Crippen LogP) is 6.87. The van der Waals surface area contributed by atoms with E-state index in [4.69, 9.17) is 29.4 Å². The number of carbonyl (C=O) groups is 1. The van der Waals surface area contributed by atoms with Crippen molar-refractivity contribution in [3.63, 3.8) is 0 Å². The van der Waals surface area contributed by atoms with Crippen LogP contribution in [0.3, 0.4) is 0 Å². The zero-order valence-electron chi connectivity index (χ0n) is 28.7. The Morgan fingerprint density at radius 3 is 1.65 bits per heavy atom. The molecule has 0 radical (unpaired) electrons. The number of hydrogen-bond donors (Lipinski definition) is 2. The highest BCUT2D eigenvalue weighted by atomic mass is 35.5. The van der Waals surface area contributed by atoms with Gasteiger partial charge in [-0.2, -0.15) is 0 Å². The Balaban J connectivity index is 0.000000265. The van der Waals surface area contributed by atoms with Crippen LogP contribution < -0.4 is 20.5 Å². The summed E-state index contributed by atoms with van der Waals surface area (Å²) in [6.45, 7) is 15.7. The van der Waals surface area contributed by atoms with E-state index in [2.05, 4.69) is 21.2 Å². The third-order valence-corrected chi connectivity index (χ3v) is 7.98. The average molecular weight is 718 g/mol. The summed E-state index contributed by atoms with van der Waals surface area (Å²) in [5.41, 5.74) is 6.96. The van der Waals surface area contributed by atoms with E-state index in [1.165, 1.54) is 0 Å². The van der Waals surface area contributed by atoms with E-state index in [9.17, 15) is 4.79 Å². The largest absolute Gasteiger partial charge is 0.492 e. The van der Waals surface area contributed by atoms with Crippen molar-refractivity contribution < 1.29 is 28.5 Å². The van der Waals surface area contributed by atoms with E-state index >= 15 is 0 Å². The van der Waals surface area contributed by atoms with Gasteiger partial charge in [0.1, 0.15) is 30.3 Å². The number of halogens is 2. The summed E-state index contributed by atoms with van der Waals surface area (Å²) < 4.78 is 28.0. The molecule has 2 heterocycles. The molecule has 0 aromatic heterocycles. The molecule has 268 valence electrons. The lowest BCUT2D eigenvalue weighted by atomic mass is 10.1. The predicted molar refractivity (Wildman–Crippen MR) is 202 cm³/mol. The molecule has 2 aliphatic rings. The lowest BCUT2D eigenvalue weighted by molar-refractivity contribution is 0.0322. The first-order chi connectivity index (χ1) is 22.8. The molecule has 4 aromatic carbocycles. The fraction of sp³-hybridized carbons (Fsp3) is 0.432. The minimum absolute atomic E-state index is 0. The van der Waals surface area contributed by atoms with Gasteiger partial charge in [0, 0.05) is 66.5 Å². The molecule has 49 heavy (non-hydrogen) atoms. The molecule has 2 saturated heterocycles. The van der Waals surface area contributed by atoms with Gasteiger partial charge in [0.2, 0.25) is 0 Å². The van der Waals surface area contributed by atoms with Crippen LogP contribution in [0.1, 0.15) is 20.8 Å². The van der Waals surface area contributed by atoms with Crippen molar-refractivity contribution >= 4 is 63.8 Å². The van der Waals surface area contributed by atoms with Gasteiger partial charge in [0.05, 0.1) is 32.1 Å². The molecule has 0 atom stereocenters. The SMILES string of the molecule is CC(C)(C)OC(=O)Nc1ccc(OCCN2CCOCC2)c2ccccc12.Cl.Cl.Nc1ccc(OCCN2CCOCC2)c2ccccc12. The van der Waals surface area contributed by atoms with Gasteiger partial charge in [-0.25, -0.2) is 4.79 Å². The smallest absolute Gasteiger partial charge is 0.412 e. The molecule has 10 nitrogen and oxygen atoms in total. The van der Waals surface area contributed by atoms with Crippen molar-refractivity contribution in [3.8, 4) is 11.5 Å². The number of fused-ring (bicyclic) bond motifs is 2. The summed E-state index contributed by atoms with van der Waals surface area (Å²) in [6, 6.07) is 23.6. The minimum Gasteiger partial charge on any atom is -0.492 e. The van der Waals surface area contributed by atoms with Gasteiger partial charge in [-0.1, -0.05) is 48.5 Å². The maximum Gasteiger partial charge on any atom is 0.412 e. The highest BCUT2D eigenvalue weighted by Crippen LogP contribution is 2.32. The second-order valence-corrected chi connectivity index (χ2v) is 12.6. The summed E-state index contributed by atoms with van der Waals surface area (Å²) in [5, 5.41) is 6.86. The van der Waals surface area contributed by atoms with E-state index < -0.39 is 11.7 Å². The van der Waals surface area contributed by atoms with Crippen LogP contribution >= 0.6 is 24.8 Å². The van der Waals surface area contributed by atoms with E-state index in [1.807, 2.05) is 87.5 Å². The summed E-state index contributed by atoms with van der Waals surface area (Å²) in [5.74, 6) is 1.72. The lowest BCUT2D eigenvalue weighted by Crippen LogP contribution is -2.38. The second kappa shape index (κ2) is 19.6. The Kier molecular flexibility index (Phi) is 16.0. The minimum atomic E-state index is -0.539. The van der Waals surface area contributed by atoms with Crippen LogP contribution in [0.4, 0.5) is 16.2 Å². The number of nitrogens with zero attached hydrogens (tertiary/aromatic N) is 2. The fourth-order valence-corrected chi connectivity index (χ4v) is 5.56. The summed E-state index contributed by atoms with van der Waals surface area (Å²) in [7, 11) is 0. The second-order valence-electron chi connectivity index (χ2n) is 12.6. The quantitative estimate of drug-likeness (QED) is 0.179. The number of amides is 1. The zero-order valence-corrected chi connectivity index (χ0v) is 30.3. The van der Waals surface area contributed by atoms with Crippen LogP contribution in [0.5, 0.6) is 11.5 Å². The molecule has 1 amide bonds. The zero-order chi connectivity index (χ0) is 33.1. The normalized spacial score (nSPS) is 15.2. The summed E-state index contributed by atoms with van der Waals surface area (Å²) in [6.07, 6.45) is -0.464. The monoisotopic (exact) mass is 716 g/mol. The first-order valence-corrected chi connectivity index (χ1v) is 16.4. The van der Waals surface area contributed by atoms with E-state index in [0.717, 1.165) is 104 Å². The van der Waals surface area contributed by atoms with Gasteiger partial charge in [0.15, 0.2) is 0 Å². The van der Waals surface area contributed by atoms with Crippen molar-refractivity contribution in [2.45, 2.75) is 26.4 Å². The van der Waals surface area contributed by atoms with Gasteiger partial charge in [-0.3, -0.25) is 15.1 Å². The number of nitrogen functional groups attached to an aromatic ring is 1. The number of nitrogens with two attached hydrogens (primary N) is 1. The number of ether oxygens (including phenoxy) is 5. The molecule has 4 aromatic rings. The molecule has 0 saturated carbocycles. The number of benzene rings is 4. The maximum atomic E-state index is 12.1. The van der Waals surface area contributed by atoms with Crippen LogP contribution in [-0.2, 0) is 14.2 Å². The molecular weight excluding hydrogens is 667 g/mol. The number of carbonyl (C=O) groups excluding carboxylic acids is 1. The average Bonchev–Trinajstić information content (AvgIpc) is 3.07. The maximum absolute atomic E-state index is 12.1. The molecule has 12 heteroatoms. The number of hydrogen-bond acceptors (Lipinski definition) is 9. The van der Waals surface area contributed by atoms with Crippen LogP contribution in [0.25, 0.3) is 21.5 Å². The lowest BCUT2D eigenvalue weighted by Gasteiger charge is -2.26. The highest BCUT2D eigenvalue weighted by molar-refractivity contribution is 6.02. The Morgan fingerprint density at radius 1 is 0.694 bits per heavy atom. The standard InChI is InChI=1S/C21H28N2O4.C16H20N2O2.2ClH/c1-21(2,3)27-20(24)22-18-8-9-19(17-7-5-4-6-16(17)18)26-15-12-23-10-13-25-14-11-23;17-15-5-6-16(14-4-2-1-3-13(14)15)20-12-9-18-7-10-19-11-8-18;;/h4-9H,10-15H2,1-3H3,(H,22,24);1-6H,7-12,17H2;2*1H. The van der Waals surface area contributed by atoms with E-state index in [0.29, 0.717) is 18.9 Å². The van der Waals surface area contributed by atoms with Crippen molar-refractivity contribution in [2.24, 2.45) is 0 Å². The Hall–Kier alpha value is -3.51. The van der Waals surface area contributed by atoms with Crippen molar-refractivity contribution in [3.05, 3.63) is 72.8 Å². The molecule has 0 aliphatic carbocycles. The first-order valence-electron chi connectivity index (χ1n) is 16.4. The number of morpholine rings is 2. The van der Waals surface area contributed by atoms with Crippen molar-refractivity contribution in [2.75, 3.05) is 90.0 Å². The molecule has 2 aliphatic heterocycles. The molecule has 3 N–H and O–H groups in total. The van der Waals surface area contributed by atoms with Gasteiger partial charge in [0.25, 0.3) is 0 Å². The number of rotatable bonds is 9. The molecule has 0 spiro atoms. The van der Waals surface area contributed by atoms with Crippen molar-refractivity contribution in [1.82, 2.24) is 9.80 Å². The number of nitrogens with one attached hydrogen (secondary N) is 1. The van der Waals surface area contributed by atoms with Crippen LogP contribution in [0, 0.1) is 0 Å². The van der Waals surface area contributed by atoms with Gasteiger partial charge >= 0.3 is 6.09 Å². The molecular formula is C37H50Cl2N4O6. The Labute approximate surface area is 301 Å².